The Bertz CT molecular complexity index is 3100. The second-order valence-corrected chi connectivity index (χ2v) is 29.1. The number of carboxylic acids is 1. The maximum Gasteiger partial charge on any atom is 0.327 e. The van der Waals surface area contributed by atoms with Gasteiger partial charge >= 0.3 is 5.97 Å². The molecular formula is C59H86N16O17S4. The average Bonchev–Trinajstić information content (AvgIpc) is 1.57. The van der Waals surface area contributed by atoms with Gasteiger partial charge in [0.25, 0.3) is 0 Å². The number of aliphatic hydroxyl groups is 1. The third-order valence-electron chi connectivity index (χ3n) is 15.7. The molecule has 0 saturated carbocycles. The molecule has 2 aromatic rings. The van der Waals surface area contributed by atoms with Gasteiger partial charge in [-0.2, -0.15) is 0 Å². The largest absolute Gasteiger partial charge is 0.497 e. The van der Waals surface area contributed by atoms with Crippen LogP contribution in [0.25, 0.3) is 0 Å². The quantitative estimate of drug-likeness (QED) is 0.0468. The molecule has 0 radical (unpaired) electrons. The Hall–Kier alpha value is -7.87. The number of nitrogens with two attached hydrogens (primary N) is 1. The first-order valence-corrected chi connectivity index (χ1v) is 36.3. The highest BCUT2D eigenvalue weighted by Crippen LogP contribution is 2.27. The van der Waals surface area contributed by atoms with Crippen LogP contribution in [0.5, 0.6) is 5.75 Å². The molecule has 5 heterocycles. The summed E-state index contributed by atoms with van der Waals surface area (Å²) in [5, 5.41) is 52.8. The fraction of sp³-hybridized carbons (Fsp3) is 0.610. The Labute approximate surface area is 569 Å². The predicted octanol–water partition coefficient (Wildman–Crippen LogP) is -4.25. The number of carboxylic acid groups (broad SMARTS) is 1. The number of carbonyl (C=O) groups excluding carboxylic acids is 13. The highest BCUT2D eigenvalue weighted by Gasteiger charge is 2.45. The van der Waals surface area contributed by atoms with Crippen molar-refractivity contribution in [3.8, 4) is 5.75 Å². The molecule has 0 unspecified atom stereocenters. The topological polar surface area (TPSA) is 491 Å². The Morgan fingerprint density at radius 3 is 1.98 bits per heavy atom. The van der Waals surface area contributed by atoms with Gasteiger partial charge in [0, 0.05) is 60.7 Å². The summed E-state index contributed by atoms with van der Waals surface area (Å²) in [6.07, 6.45) is 1.67. The molecule has 37 heteroatoms. The summed E-state index contributed by atoms with van der Waals surface area (Å²) in [6, 6.07) is -9.55. The number of ether oxygens (including phenoxy) is 1. The van der Waals surface area contributed by atoms with E-state index in [0.29, 0.717) is 29.8 Å². The second-order valence-electron chi connectivity index (χ2n) is 24.0. The molecule has 4 aliphatic heterocycles. The first-order chi connectivity index (χ1) is 45.7. The van der Waals surface area contributed by atoms with Crippen molar-refractivity contribution in [2.24, 2.45) is 17.6 Å². The summed E-state index contributed by atoms with van der Waals surface area (Å²) in [7, 11) is 4.97. The van der Waals surface area contributed by atoms with E-state index in [4.69, 9.17) is 10.5 Å². The number of carbonyl (C=O) groups is 14. The van der Waals surface area contributed by atoms with Crippen molar-refractivity contribution in [3.05, 3.63) is 48.0 Å². The van der Waals surface area contributed by atoms with Crippen LogP contribution in [0, 0.1) is 11.8 Å². The van der Waals surface area contributed by atoms with Crippen LogP contribution in [0.3, 0.4) is 0 Å². The first-order valence-electron chi connectivity index (χ1n) is 31.3. The number of nitrogens with one attached hydrogen (secondary N) is 13. The zero-order valence-corrected chi connectivity index (χ0v) is 57.0. The number of hydrogen-bond acceptors (Lipinski definition) is 22. The van der Waals surface area contributed by atoms with Gasteiger partial charge in [0.05, 0.1) is 32.6 Å². The maximum atomic E-state index is 15.0. The predicted molar refractivity (Wildman–Crippen MR) is 354 cm³/mol. The maximum absolute atomic E-state index is 15.0. The van der Waals surface area contributed by atoms with E-state index in [0.717, 1.165) is 48.1 Å². The van der Waals surface area contributed by atoms with Crippen molar-refractivity contribution in [2.75, 3.05) is 56.3 Å². The molecule has 528 valence electrons. The molecule has 2 bridgehead atoms. The number of rotatable bonds is 19. The van der Waals surface area contributed by atoms with Gasteiger partial charge in [-0.15, -0.1) is 0 Å². The minimum Gasteiger partial charge on any atom is -0.497 e. The fourth-order valence-corrected chi connectivity index (χ4v) is 15.1. The molecule has 4 aliphatic rings. The summed E-state index contributed by atoms with van der Waals surface area (Å²) in [5.41, 5.74) is 6.70. The van der Waals surface area contributed by atoms with Gasteiger partial charge in [-0.3, -0.25) is 62.3 Å². The van der Waals surface area contributed by atoms with Gasteiger partial charge in [-0.05, 0) is 74.6 Å². The van der Waals surface area contributed by atoms with E-state index in [-0.39, 0.29) is 87.1 Å². The van der Waals surface area contributed by atoms with Crippen LogP contribution < -0.4 is 74.3 Å². The Balaban J connectivity index is 1.41. The number of hydrogen-bond donors (Lipinski definition) is 16. The Kier molecular flexibility index (Phi) is 30.7. The van der Waals surface area contributed by atoms with Crippen molar-refractivity contribution < 1.29 is 82.1 Å². The highest BCUT2D eigenvalue weighted by molar-refractivity contribution is 8.77. The second kappa shape index (κ2) is 38.2. The van der Waals surface area contributed by atoms with E-state index in [1.54, 1.807) is 52.0 Å². The minimum absolute atomic E-state index is 0.0113. The number of aliphatic carboxylic acids is 1. The molecule has 13 amide bonds. The zero-order valence-electron chi connectivity index (χ0n) is 53.7. The van der Waals surface area contributed by atoms with Crippen molar-refractivity contribution in [1.82, 2.24) is 78.7 Å². The van der Waals surface area contributed by atoms with Crippen molar-refractivity contribution in [3.63, 3.8) is 0 Å². The van der Waals surface area contributed by atoms with Gasteiger partial charge < -0.3 is 94.4 Å². The molecule has 0 spiro atoms. The van der Waals surface area contributed by atoms with Crippen molar-refractivity contribution in [2.45, 2.75) is 158 Å². The summed E-state index contributed by atoms with van der Waals surface area (Å²) in [6.45, 7) is 5.31. The normalized spacial score (nSPS) is 26.2. The standard InChI is InChI=1S/C59H86N16O17S4/c1-29(2)18-36-52(83)71-40-25-94-93-24-39(50(81)63-22-45(78)66-37(19-31-9-11-33(92-5)12-10-31)53(84)67-34(51(82)68-36)8-6-7-16-60)70-55(86)41(72-56(87)47(30(3)4)74-46(79)23-62-49(80)35-13-14-44(77)65-35)26-95-96-27-42(59(90)91)73-57(88)48-43(76)15-17-75(48)58(89)38(69-54(40)85)20-32-21-61-28-64-32/h9-12,21,28-30,34-43,47-48,76H,6-8,13-20,22-27,60H2,1-5H3,(H,61,64)(H,62,80)(H,63,81)(H,65,77)(H,66,78)(H,67,84)(H,68,82)(H,69,85)(H,70,86)(H,71,83)(H,72,87)(H,73,88)(H,74,79)(H,90,91)/t34-,35-,36-,37-,38-,39-,40-,41-,42-,43-,47-,48-/m0/s1. The van der Waals surface area contributed by atoms with Crippen LogP contribution in [0.1, 0.15) is 83.9 Å². The van der Waals surface area contributed by atoms with Crippen LogP contribution in [0.2, 0.25) is 0 Å². The number of fused-ring (bicyclic) bond motifs is 6. The van der Waals surface area contributed by atoms with E-state index in [1.807, 2.05) is 0 Å². The van der Waals surface area contributed by atoms with Crippen LogP contribution >= 0.6 is 43.2 Å². The van der Waals surface area contributed by atoms with Crippen LogP contribution in [0.15, 0.2) is 36.8 Å². The van der Waals surface area contributed by atoms with Gasteiger partial charge in [-0.25, -0.2) is 9.78 Å². The monoisotopic (exact) mass is 1420 g/mol. The number of benzene rings is 1. The molecule has 1 aromatic heterocycles. The lowest BCUT2D eigenvalue weighted by molar-refractivity contribution is -0.146. The van der Waals surface area contributed by atoms with Crippen LogP contribution in [-0.4, -0.2) is 237 Å². The van der Waals surface area contributed by atoms with Crippen LogP contribution in [0.4, 0.5) is 0 Å². The first kappa shape index (κ1) is 77.1. The number of methoxy groups -OCH3 is 1. The number of amides is 13. The summed E-state index contributed by atoms with van der Waals surface area (Å²) in [5.74, 6) is -14.6. The van der Waals surface area contributed by atoms with Gasteiger partial charge in [-0.1, -0.05) is 83.0 Å². The van der Waals surface area contributed by atoms with Crippen molar-refractivity contribution in [1.29, 1.82) is 0 Å². The average molecular weight is 1420 g/mol. The molecule has 17 N–H and O–H groups in total. The third-order valence-corrected chi connectivity index (χ3v) is 20.6. The Morgan fingerprint density at radius 2 is 1.34 bits per heavy atom. The highest BCUT2D eigenvalue weighted by atomic mass is 33.1. The molecular weight excluding hydrogens is 1330 g/mol. The lowest BCUT2D eigenvalue weighted by atomic mass is 10.0. The smallest absolute Gasteiger partial charge is 0.327 e. The van der Waals surface area contributed by atoms with E-state index in [1.165, 1.54) is 19.6 Å². The molecule has 1 aromatic carbocycles. The zero-order chi connectivity index (χ0) is 70.2. The number of aliphatic hydroxyl groups excluding tert-OH is 1. The molecule has 33 nitrogen and oxygen atoms in total. The molecule has 6 rings (SSSR count). The Morgan fingerprint density at radius 1 is 0.698 bits per heavy atom. The lowest BCUT2D eigenvalue weighted by Gasteiger charge is -2.31. The molecule has 12 atom stereocenters. The number of nitrogens with zero attached hydrogens (tertiary/aromatic N) is 2. The van der Waals surface area contributed by atoms with E-state index >= 15 is 0 Å². The van der Waals surface area contributed by atoms with Gasteiger partial charge in [0.1, 0.15) is 72.2 Å². The summed E-state index contributed by atoms with van der Waals surface area (Å²) < 4.78 is 5.30. The number of H-pyrrole nitrogens is 1. The van der Waals surface area contributed by atoms with Gasteiger partial charge in [0.15, 0.2) is 0 Å². The number of unbranched alkanes of at least 4 members (excludes halogenated alkanes) is 1. The number of aromatic nitrogens is 2. The van der Waals surface area contributed by atoms with Crippen molar-refractivity contribution >= 4 is 126 Å². The number of aromatic amines is 1. The fourth-order valence-electron chi connectivity index (χ4n) is 10.5. The molecule has 96 heavy (non-hydrogen) atoms. The third kappa shape index (κ3) is 23.7. The van der Waals surface area contributed by atoms with Gasteiger partial charge in [0.2, 0.25) is 76.8 Å². The van der Waals surface area contributed by atoms with E-state index in [9.17, 15) is 77.3 Å². The summed E-state index contributed by atoms with van der Waals surface area (Å²) in [4.78, 5) is 204. The lowest BCUT2D eigenvalue weighted by Crippen LogP contribution is -2.61. The molecule has 4 fully saturated rings. The molecule has 0 aliphatic carbocycles. The minimum atomic E-state index is -1.71. The van der Waals surface area contributed by atoms with E-state index < -0.39 is 174 Å². The summed E-state index contributed by atoms with van der Waals surface area (Å²) >= 11 is 0. The molecule has 4 saturated heterocycles. The SMILES string of the molecule is COc1ccc(C[C@@H]2NC(=O)CNC(=O)[C@@H]3CSSC[C@H](NC(=O)[C@H](CC(C)C)NC(=O)[C@H](CCCCN)NC2=O)C(=O)N[C@@H](Cc2cnc[nH]2)C(=O)N2CC[C@H](O)[C@H]2C(=O)N[C@H](C(=O)O)CSSC[C@H](NC(=O)[C@@H](NC(=O)CNC(=O)[C@@H]2CCC(=O)N2)C(C)C)C(=O)N3)cc1. The van der Waals surface area contributed by atoms with Crippen LogP contribution in [-0.2, 0) is 80.0 Å². The van der Waals surface area contributed by atoms with E-state index in [2.05, 4.69) is 73.8 Å². The number of imidazole rings is 1.